The van der Waals surface area contributed by atoms with Crippen LogP contribution in [0.25, 0.3) is 0 Å². The van der Waals surface area contributed by atoms with Crippen LogP contribution >= 0.6 is 0 Å². The maximum atomic E-state index is 12.7. The molecule has 1 saturated carbocycles. The third-order valence-corrected chi connectivity index (χ3v) is 6.83. The number of carbonyl (C=O) groups is 7. The van der Waals surface area contributed by atoms with Crippen molar-refractivity contribution in [2.75, 3.05) is 26.4 Å². The summed E-state index contributed by atoms with van der Waals surface area (Å²) in [6.07, 6.45) is 6.68. The van der Waals surface area contributed by atoms with Gasteiger partial charge in [-0.15, -0.1) is 0 Å². The van der Waals surface area contributed by atoms with E-state index in [9.17, 15) is 28.8 Å². The predicted molar refractivity (Wildman–Crippen MR) is 211 cm³/mol. The van der Waals surface area contributed by atoms with Crippen molar-refractivity contribution < 1.29 is 90.0 Å². The number of rotatable bonds is 18. The zero-order valence-corrected chi connectivity index (χ0v) is 34.9. The van der Waals surface area contributed by atoms with Gasteiger partial charge in [0.05, 0.1) is 37.6 Å². The topological polar surface area (TPSA) is 193 Å². The molecule has 3 aromatic carbocycles. The van der Waals surface area contributed by atoms with Crippen LogP contribution in [-0.2, 0) is 51.9 Å². The zero-order chi connectivity index (χ0) is 43.1. The van der Waals surface area contributed by atoms with Crippen molar-refractivity contribution in [1.29, 1.82) is 0 Å². The standard InChI is InChI=1S/C37H36O14.C3H6.C2H6.CH2O.V/c1-4-32(38)44-20-6-8-22-46-36(42)49-28-14-10-26(11-15-28)34(40)48-30-18-19-31(25(3)24-30)51-35(41)27-12-16-29(17-13-27)50-37(43)47-23-9-7-21-45-33(39)5-2;1-2-3-1;2*1-2;/h4-5,10-19,24H,1-2,6-9,20-23H2,3H3;1-3H2;1-2H3;1H2;. The SMILES string of the molecule is C1CC1.C=CC(=O)OCCCCOC(=O)Oc1ccc(C(=O)Oc2ccc(OC(=O)c3ccc(OC(=O)OCCCCOC(=O)C=C)cc3)c(C)c2)cc1.C=O.CC.[V]. The summed E-state index contributed by atoms with van der Waals surface area (Å²) in [6.45, 7) is 14.7. The maximum Gasteiger partial charge on any atom is 0.513 e. The molecule has 0 heterocycles. The summed E-state index contributed by atoms with van der Waals surface area (Å²) in [5.41, 5.74) is 0.877. The van der Waals surface area contributed by atoms with E-state index in [2.05, 4.69) is 13.2 Å². The molecule has 0 spiro atoms. The van der Waals surface area contributed by atoms with Crippen molar-refractivity contribution >= 4 is 43.0 Å². The first kappa shape index (κ1) is 52.8. The Bertz CT molecular complexity index is 1770. The summed E-state index contributed by atoms with van der Waals surface area (Å²) in [5.74, 6) is -1.67. The number of carbonyl (C=O) groups excluding carboxylic acids is 7. The molecule has 0 saturated heterocycles. The van der Waals surface area contributed by atoms with E-state index in [1.54, 1.807) is 6.92 Å². The number of esters is 4. The Morgan fingerprint density at radius 2 is 0.881 bits per heavy atom. The first-order valence-electron chi connectivity index (χ1n) is 18.4. The molecule has 0 aromatic heterocycles. The molecule has 0 amide bonds. The molecular weight excluding hydrogens is 807 g/mol. The third kappa shape index (κ3) is 23.6. The van der Waals surface area contributed by atoms with Crippen LogP contribution in [0.1, 0.15) is 85.1 Å². The number of benzene rings is 3. The van der Waals surface area contributed by atoms with E-state index in [-0.39, 0.29) is 79.1 Å². The second kappa shape index (κ2) is 31.8. The summed E-state index contributed by atoms with van der Waals surface area (Å²) in [7, 11) is 0. The fourth-order valence-corrected chi connectivity index (χ4v) is 3.88. The Morgan fingerprint density at radius 1 is 0.525 bits per heavy atom. The average molecular weight is 858 g/mol. The number of aryl methyl sites for hydroxylation is 1. The molecule has 4 rings (SSSR count). The van der Waals surface area contributed by atoms with Crippen LogP contribution in [0.5, 0.6) is 23.0 Å². The molecule has 0 unspecified atom stereocenters. The van der Waals surface area contributed by atoms with Crippen LogP contribution in [0.2, 0.25) is 0 Å². The molecule has 1 aliphatic carbocycles. The molecule has 317 valence electrons. The molecular formula is C43H50O15V. The Kier molecular flexibility index (Phi) is 28.5. The second-order valence-corrected chi connectivity index (χ2v) is 11.4. The zero-order valence-electron chi connectivity index (χ0n) is 33.5. The van der Waals surface area contributed by atoms with Gasteiger partial charge in [0, 0.05) is 30.7 Å². The van der Waals surface area contributed by atoms with Gasteiger partial charge < -0.3 is 42.7 Å². The summed E-state index contributed by atoms with van der Waals surface area (Å²) >= 11 is 0. The Labute approximate surface area is 355 Å². The average Bonchev–Trinajstić information content (AvgIpc) is 4.13. The summed E-state index contributed by atoms with van der Waals surface area (Å²) in [5, 5.41) is 0. The van der Waals surface area contributed by atoms with Crippen LogP contribution in [0.15, 0.2) is 92.0 Å². The van der Waals surface area contributed by atoms with Gasteiger partial charge in [-0.2, -0.15) is 0 Å². The van der Waals surface area contributed by atoms with Crippen LogP contribution in [0.3, 0.4) is 0 Å². The molecule has 0 bridgehead atoms. The minimum Gasteiger partial charge on any atom is -0.463 e. The van der Waals surface area contributed by atoms with Crippen molar-refractivity contribution in [2.45, 2.75) is 65.7 Å². The molecule has 1 radical (unpaired) electrons. The molecule has 0 aliphatic heterocycles. The maximum absolute atomic E-state index is 12.7. The van der Waals surface area contributed by atoms with Crippen LogP contribution in [-0.4, -0.2) is 69.4 Å². The summed E-state index contributed by atoms with van der Waals surface area (Å²) in [6, 6.07) is 15.7. The summed E-state index contributed by atoms with van der Waals surface area (Å²) in [4.78, 5) is 79.1. The van der Waals surface area contributed by atoms with Gasteiger partial charge in [0.15, 0.2) is 0 Å². The van der Waals surface area contributed by atoms with Crippen molar-refractivity contribution in [1.82, 2.24) is 0 Å². The van der Waals surface area contributed by atoms with E-state index in [1.165, 1.54) is 86.0 Å². The molecule has 15 nitrogen and oxygen atoms in total. The van der Waals surface area contributed by atoms with E-state index >= 15 is 0 Å². The first-order valence-corrected chi connectivity index (χ1v) is 18.4. The number of hydrogen-bond acceptors (Lipinski definition) is 15. The first-order chi connectivity index (χ1) is 28.1. The number of ether oxygens (including phenoxy) is 8. The van der Waals surface area contributed by atoms with E-state index in [0.717, 1.165) is 12.2 Å². The second-order valence-electron chi connectivity index (χ2n) is 11.4. The van der Waals surface area contributed by atoms with Gasteiger partial charge in [0.2, 0.25) is 0 Å². The van der Waals surface area contributed by atoms with Gasteiger partial charge in [-0.25, -0.2) is 28.8 Å². The number of hydrogen-bond donors (Lipinski definition) is 0. The largest absolute Gasteiger partial charge is 0.513 e. The molecule has 1 fully saturated rings. The van der Waals surface area contributed by atoms with Crippen LogP contribution < -0.4 is 18.9 Å². The van der Waals surface area contributed by atoms with Gasteiger partial charge in [0.25, 0.3) is 0 Å². The Hall–Kier alpha value is -6.19. The van der Waals surface area contributed by atoms with Gasteiger partial charge in [-0.3, -0.25) is 0 Å². The molecule has 3 aromatic rings. The minimum absolute atomic E-state index is 0. The fraction of sp³-hybridized carbons (Fsp3) is 0.326. The predicted octanol–water partition coefficient (Wildman–Crippen LogP) is 8.49. The molecule has 1 aliphatic rings. The molecule has 0 atom stereocenters. The van der Waals surface area contributed by atoms with Gasteiger partial charge in [-0.1, -0.05) is 46.3 Å². The molecule has 16 heteroatoms. The van der Waals surface area contributed by atoms with Crippen LogP contribution in [0, 0.1) is 6.92 Å². The third-order valence-electron chi connectivity index (χ3n) is 6.83. The van der Waals surface area contributed by atoms with Crippen LogP contribution in [0.4, 0.5) is 9.59 Å². The van der Waals surface area contributed by atoms with Crippen molar-refractivity contribution in [3.8, 4) is 23.0 Å². The summed E-state index contributed by atoms with van der Waals surface area (Å²) < 4.78 is 40.7. The van der Waals surface area contributed by atoms with Crippen molar-refractivity contribution in [2.24, 2.45) is 0 Å². The monoisotopic (exact) mass is 857 g/mol. The Balaban J connectivity index is 0.00000389. The van der Waals surface area contributed by atoms with Crippen molar-refractivity contribution in [3.05, 3.63) is 109 Å². The molecule has 59 heavy (non-hydrogen) atoms. The van der Waals surface area contributed by atoms with E-state index in [0.29, 0.717) is 31.2 Å². The number of unbranched alkanes of at least 4 members (excludes halogenated alkanes) is 2. The van der Waals surface area contributed by atoms with E-state index in [1.807, 2.05) is 20.6 Å². The van der Waals surface area contributed by atoms with E-state index in [4.69, 9.17) is 42.7 Å². The quantitative estimate of drug-likeness (QED) is 0.0295. The Morgan fingerprint density at radius 3 is 1.24 bits per heavy atom. The van der Waals surface area contributed by atoms with E-state index < -0.39 is 36.2 Å². The van der Waals surface area contributed by atoms with Gasteiger partial charge in [0.1, 0.15) is 29.8 Å². The fourth-order valence-electron chi connectivity index (χ4n) is 3.88. The van der Waals surface area contributed by atoms with Crippen molar-refractivity contribution in [3.63, 3.8) is 0 Å². The normalized spacial score (nSPS) is 10.2. The smallest absolute Gasteiger partial charge is 0.463 e. The molecule has 0 N–H and O–H groups in total. The van der Waals surface area contributed by atoms with Gasteiger partial charge in [-0.05, 0) is 105 Å². The minimum atomic E-state index is -0.927. The van der Waals surface area contributed by atoms with Gasteiger partial charge >= 0.3 is 36.2 Å².